The van der Waals surface area contributed by atoms with E-state index in [-0.39, 0.29) is 18.6 Å². The fraction of sp³-hybridized carbons (Fsp3) is 0.417. The number of halogens is 2. The SMILES string of the molecule is CC(CCCO)NC(=O)c1cc(Br)ccc1I. The van der Waals surface area contributed by atoms with Crippen molar-refractivity contribution in [2.24, 2.45) is 0 Å². The monoisotopic (exact) mass is 411 g/mol. The van der Waals surface area contributed by atoms with E-state index in [2.05, 4.69) is 43.8 Å². The van der Waals surface area contributed by atoms with Crippen LogP contribution in [0.3, 0.4) is 0 Å². The maximum Gasteiger partial charge on any atom is 0.252 e. The molecule has 0 bridgehead atoms. The predicted octanol–water partition coefficient (Wildman–Crippen LogP) is 2.94. The van der Waals surface area contributed by atoms with Gasteiger partial charge in [-0.15, -0.1) is 0 Å². The second kappa shape index (κ2) is 7.33. The topological polar surface area (TPSA) is 49.3 Å². The lowest BCUT2D eigenvalue weighted by atomic mass is 10.1. The van der Waals surface area contributed by atoms with E-state index in [1.54, 1.807) is 0 Å². The van der Waals surface area contributed by atoms with Gasteiger partial charge < -0.3 is 10.4 Å². The second-order valence-corrected chi connectivity index (χ2v) is 5.94. The highest BCUT2D eigenvalue weighted by Crippen LogP contribution is 2.18. The summed E-state index contributed by atoms with van der Waals surface area (Å²) in [6, 6.07) is 5.70. The molecule has 0 aliphatic carbocycles. The van der Waals surface area contributed by atoms with Gasteiger partial charge in [-0.1, -0.05) is 15.9 Å². The summed E-state index contributed by atoms with van der Waals surface area (Å²) in [7, 11) is 0. The van der Waals surface area contributed by atoms with Gasteiger partial charge in [-0.2, -0.15) is 0 Å². The van der Waals surface area contributed by atoms with Crippen molar-refractivity contribution in [1.29, 1.82) is 0 Å². The van der Waals surface area contributed by atoms with Gasteiger partial charge in [0, 0.05) is 20.7 Å². The van der Waals surface area contributed by atoms with Gasteiger partial charge in [-0.25, -0.2) is 0 Å². The number of benzene rings is 1. The average Bonchev–Trinajstić information content (AvgIpc) is 2.29. The molecule has 1 aromatic rings. The number of rotatable bonds is 5. The molecule has 2 N–H and O–H groups in total. The standard InChI is InChI=1S/C12H15BrINO2/c1-8(3-2-6-16)15-12(17)10-7-9(13)4-5-11(10)14/h4-5,7-8,16H,2-3,6H2,1H3,(H,15,17). The maximum atomic E-state index is 12.0. The molecule has 0 aromatic heterocycles. The largest absolute Gasteiger partial charge is 0.396 e. The van der Waals surface area contributed by atoms with Crippen LogP contribution in [0.15, 0.2) is 22.7 Å². The molecule has 0 aliphatic rings. The minimum Gasteiger partial charge on any atom is -0.396 e. The molecule has 0 aliphatic heterocycles. The van der Waals surface area contributed by atoms with Crippen molar-refractivity contribution in [1.82, 2.24) is 5.32 Å². The molecule has 5 heteroatoms. The summed E-state index contributed by atoms with van der Waals surface area (Å²) in [5.74, 6) is -0.0684. The first-order valence-electron chi connectivity index (χ1n) is 5.41. The molecule has 1 unspecified atom stereocenters. The van der Waals surface area contributed by atoms with Crippen molar-refractivity contribution in [3.8, 4) is 0 Å². The summed E-state index contributed by atoms with van der Waals surface area (Å²) in [6.07, 6.45) is 1.49. The Morgan fingerprint density at radius 3 is 2.94 bits per heavy atom. The lowest BCUT2D eigenvalue weighted by Gasteiger charge is -2.14. The number of nitrogens with one attached hydrogen (secondary N) is 1. The molecule has 0 fully saturated rings. The van der Waals surface area contributed by atoms with Crippen molar-refractivity contribution in [2.75, 3.05) is 6.61 Å². The molecule has 1 amide bonds. The zero-order valence-corrected chi connectivity index (χ0v) is 13.3. The molecular weight excluding hydrogens is 397 g/mol. The molecule has 1 atom stereocenters. The van der Waals surface area contributed by atoms with E-state index in [4.69, 9.17) is 5.11 Å². The lowest BCUT2D eigenvalue weighted by Crippen LogP contribution is -2.33. The van der Waals surface area contributed by atoms with Crippen LogP contribution in [0.25, 0.3) is 0 Å². The van der Waals surface area contributed by atoms with Crippen molar-refractivity contribution in [2.45, 2.75) is 25.8 Å². The van der Waals surface area contributed by atoms with Crippen LogP contribution in [0.4, 0.5) is 0 Å². The van der Waals surface area contributed by atoms with E-state index in [1.165, 1.54) is 0 Å². The van der Waals surface area contributed by atoms with Crippen LogP contribution < -0.4 is 5.32 Å². The minimum atomic E-state index is -0.0684. The van der Waals surface area contributed by atoms with E-state index in [0.29, 0.717) is 12.0 Å². The van der Waals surface area contributed by atoms with Crippen molar-refractivity contribution >= 4 is 44.4 Å². The molecule has 17 heavy (non-hydrogen) atoms. The number of carbonyl (C=O) groups excluding carboxylic acids is 1. The van der Waals surface area contributed by atoms with Gasteiger partial charge in [0.15, 0.2) is 0 Å². The van der Waals surface area contributed by atoms with Gasteiger partial charge in [-0.05, 0) is 60.6 Å². The number of hydrogen-bond acceptors (Lipinski definition) is 2. The summed E-state index contributed by atoms with van der Waals surface area (Å²) < 4.78 is 1.82. The van der Waals surface area contributed by atoms with E-state index >= 15 is 0 Å². The number of aliphatic hydroxyl groups excluding tert-OH is 1. The lowest BCUT2D eigenvalue weighted by molar-refractivity contribution is 0.0935. The average molecular weight is 412 g/mol. The molecule has 94 valence electrons. The van der Waals surface area contributed by atoms with Crippen molar-refractivity contribution in [3.63, 3.8) is 0 Å². The van der Waals surface area contributed by atoms with Crippen LogP contribution in [0, 0.1) is 3.57 Å². The van der Waals surface area contributed by atoms with Crippen molar-refractivity contribution < 1.29 is 9.90 Å². The van der Waals surface area contributed by atoms with Gasteiger partial charge in [0.2, 0.25) is 0 Å². The maximum absolute atomic E-state index is 12.0. The predicted molar refractivity (Wildman–Crippen MR) is 80.1 cm³/mol. The van der Waals surface area contributed by atoms with Gasteiger partial charge in [0.1, 0.15) is 0 Å². The highest BCUT2D eigenvalue weighted by Gasteiger charge is 2.12. The molecule has 0 radical (unpaired) electrons. The Bertz CT molecular complexity index is 398. The van der Waals surface area contributed by atoms with Crippen LogP contribution in [-0.4, -0.2) is 23.7 Å². The summed E-state index contributed by atoms with van der Waals surface area (Å²) in [6.45, 7) is 2.10. The third-order valence-electron chi connectivity index (χ3n) is 2.35. The summed E-state index contributed by atoms with van der Waals surface area (Å²) in [5.41, 5.74) is 0.677. The summed E-state index contributed by atoms with van der Waals surface area (Å²) >= 11 is 5.50. The molecule has 1 rings (SSSR count). The van der Waals surface area contributed by atoms with E-state index < -0.39 is 0 Å². The summed E-state index contributed by atoms with van der Waals surface area (Å²) in [5, 5.41) is 11.7. The third-order valence-corrected chi connectivity index (χ3v) is 3.78. The van der Waals surface area contributed by atoms with Crippen LogP contribution in [0.2, 0.25) is 0 Å². The molecular formula is C12H15BrINO2. The Hall–Kier alpha value is -0.140. The Morgan fingerprint density at radius 1 is 1.59 bits per heavy atom. The quantitative estimate of drug-likeness (QED) is 0.732. The first-order valence-corrected chi connectivity index (χ1v) is 7.28. The van der Waals surface area contributed by atoms with Crippen LogP contribution >= 0.6 is 38.5 Å². The Morgan fingerprint density at radius 2 is 2.29 bits per heavy atom. The highest BCUT2D eigenvalue weighted by molar-refractivity contribution is 14.1. The minimum absolute atomic E-state index is 0.0684. The van der Waals surface area contributed by atoms with Crippen LogP contribution in [-0.2, 0) is 0 Å². The van der Waals surface area contributed by atoms with Crippen LogP contribution in [0.1, 0.15) is 30.1 Å². The zero-order valence-electron chi connectivity index (χ0n) is 9.54. The van der Waals surface area contributed by atoms with Crippen molar-refractivity contribution in [3.05, 3.63) is 31.8 Å². The van der Waals surface area contributed by atoms with Gasteiger partial charge >= 0.3 is 0 Å². The Balaban J connectivity index is 2.66. The van der Waals surface area contributed by atoms with E-state index in [0.717, 1.165) is 14.5 Å². The molecule has 0 heterocycles. The van der Waals surface area contributed by atoms with E-state index in [9.17, 15) is 4.79 Å². The number of aliphatic hydroxyl groups is 1. The number of carbonyl (C=O) groups is 1. The first-order chi connectivity index (χ1) is 8.04. The molecule has 3 nitrogen and oxygen atoms in total. The molecule has 0 saturated carbocycles. The van der Waals surface area contributed by atoms with Crippen LogP contribution in [0.5, 0.6) is 0 Å². The number of hydrogen-bond donors (Lipinski definition) is 2. The number of amides is 1. The van der Waals surface area contributed by atoms with Gasteiger partial charge in [0.25, 0.3) is 5.91 Å². The van der Waals surface area contributed by atoms with Gasteiger partial charge in [0.05, 0.1) is 5.56 Å². The third kappa shape index (κ3) is 4.93. The zero-order chi connectivity index (χ0) is 12.8. The second-order valence-electron chi connectivity index (χ2n) is 3.86. The fourth-order valence-corrected chi connectivity index (χ4v) is 2.38. The fourth-order valence-electron chi connectivity index (χ4n) is 1.44. The van der Waals surface area contributed by atoms with Gasteiger partial charge in [-0.3, -0.25) is 4.79 Å². The van der Waals surface area contributed by atoms with E-state index in [1.807, 2.05) is 25.1 Å². The Kier molecular flexibility index (Phi) is 6.43. The first kappa shape index (κ1) is 14.9. The molecule has 0 spiro atoms. The highest BCUT2D eigenvalue weighted by atomic mass is 127. The smallest absolute Gasteiger partial charge is 0.252 e. The molecule has 0 saturated heterocycles. The molecule has 1 aromatic carbocycles. The normalized spacial score (nSPS) is 12.2. The Labute approximate surface area is 123 Å². The summed E-state index contributed by atoms with van der Waals surface area (Å²) in [4.78, 5) is 12.0.